The number of Topliss-reactive ketones (excluding diaryl/α,β-unsaturated/α-hetero) is 1. The lowest BCUT2D eigenvalue weighted by atomic mass is 9.93. The first-order valence-corrected chi connectivity index (χ1v) is 12.0. The van der Waals surface area contributed by atoms with Crippen molar-refractivity contribution in [2.24, 2.45) is 0 Å². The summed E-state index contributed by atoms with van der Waals surface area (Å²) in [5.74, 6) is -0.193. The Bertz CT molecular complexity index is 1400. The third-order valence-corrected chi connectivity index (χ3v) is 5.86. The molecule has 0 fully saturated rings. The standard InChI is InChI=1S/C34H31NO2/c1-6-13-28-23-33(29(24-36)22-27(28)8-3)34(37)25(5)21-26-17-19-32(20-18-26)35(30(9-4)14-7-2)31-15-11-10-12-16-31/h6-24H,2-4H2,1,5H3/b13-6-,25-21-,30-14+. The molecule has 0 amide bonds. The van der Waals surface area contributed by atoms with Gasteiger partial charge in [0.15, 0.2) is 12.1 Å². The van der Waals surface area contributed by atoms with Gasteiger partial charge in [-0.15, -0.1) is 0 Å². The van der Waals surface area contributed by atoms with Crippen LogP contribution in [0.5, 0.6) is 0 Å². The number of anilines is 2. The average Bonchev–Trinajstić information content (AvgIpc) is 2.93. The van der Waals surface area contributed by atoms with E-state index >= 15 is 0 Å². The fourth-order valence-electron chi connectivity index (χ4n) is 4.07. The smallest absolute Gasteiger partial charge is 0.189 e. The lowest BCUT2D eigenvalue weighted by Gasteiger charge is -2.26. The van der Waals surface area contributed by atoms with Crippen LogP contribution in [0.3, 0.4) is 0 Å². The van der Waals surface area contributed by atoms with Crippen LogP contribution in [0.2, 0.25) is 0 Å². The summed E-state index contributed by atoms with van der Waals surface area (Å²) in [4.78, 5) is 27.2. The lowest BCUT2D eigenvalue weighted by Crippen LogP contribution is -2.14. The van der Waals surface area contributed by atoms with Crippen molar-refractivity contribution in [2.75, 3.05) is 4.90 Å². The Kier molecular flexibility index (Phi) is 9.29. The molecule has 3 rings (SSSR count). The Morgan fingerprint density at radius 1 is 0.865 bits per heavy atom. The molecule has 184 valence electrons. The first-order valence-electron chi connectivity index (χ1n) is 12.0. The number of carbonyl (C=O) groups excluding carboxylic acids is 2. The third kappa shape index (κ3) is 6.28. The number of nitrogens with zero attached hydrogens (tertiary/aromatic N) is 1. The van der Waals surface area contributed by atoms with Crippen molar-refractivity contribution >= 4 is 41.7 Å². The van der Waals surface area contributed by atoms with Gasteiger partial charge in [-0.25, -0.2) is 0 Å². The SMILES string of the molecule is C=C/C=C(\C=C)N(c1ccccc1)c1ccc(/C=C(/C)C(=O)c2cc(/C=C\C)c(C=C)cc2C=O)cc1. The van der Waals surface area contributed by atoms with E-state index in [0.29, 0.717) is 23.0 Å². The number of rotatable bonds is 11. The molecule has 37 heavy (non-hydrogen) atoms. The van der Waals surface area contributed by atoms with Crippen LogP contribution in [0.15, 0.2) is 122 Å². The van der Waals surface area contributed by atoms with Crippen LogP contribution in [-0.4, -0.2) is 12.1 Å². The molecule has 0 atom stereocenters. The number of carbonyl (C=O) groups is 2. The Morgan fingerprint density at radius 3 is 2.11 bits per heavy atom. The van der Waals surface area contributed by atoms with Crippen molar-refractivity contribution in [1.29, 1.82) is 0 Å². The summed E-state index contributed by atoms with van der Waals surface area (Å²) in [5.41, 5.74) is 6.60. The monoisotopic (exact) mass is 485 g/mol. The maximum Gasteiger partial charge on any atom is 0.189 e. The minimum absolute atomic E-state index is 0.193. The first-order chi connectivity index (χ1) is 18.0. The van der Waals surface area contributed by atoms with Gasteiger partial charge in [0.05, 0.1) is 0 Å². The molecule has 0 bridgehead atoms. The van der Waals surface area contributed by atoms with E-state index in [1.807, 2.05) is 85.8 Å². The molecule has 0 aliphatic rings. The molecular weight excluding hydrogens is 454 g/mol. The van der Waals surface area contributed by atoms with Crippen molar-refractivity contribution in [2.45, 2.75) is 13.8 Å². The zero-order valence-corrected chi connectivity index (χ0v) is 21.4. The third-order valence-electron chi connectivity index (χ3n) is 5.86. The quantitative estimate of drug-likeness (QED) is 0.118. The van der Waals surface area contributed by atoms with Crippen LogP contribution < -0.4 is 4.90 Å². The molecule has 3 aromatic carbocycles. The summed E-state index contributed by atoms with van der Waals surface area (Å²) in [6.07, 6.45) is 13.4. The summed E-state index contributed by atoms with van der Waals surface area (Å²) in [5, 5.41) is 0. The number of allylic oxidation sites excluding steroid dienone is 5. The predicted molar refractivity (Wildman–Crippen MR) is 158 cm³/mol. The van der Waals surface area contributed by atoms with E-state index < -0.39 is 0 Å². The molecule has 0 heterocycles. The van der Waals surface area contributed by atoms with Gasteiger partial charge in [-0.2, -0.15) is 0 Å². The molecule has 3 nitrogen and oxygen atoms in total. The van der Waals surface area contributed by atoms with Gasteiger partial charge in [-0.05, 0) is 90.7 Å². The van der Waals surface area contributed by atoms with E-state index in [9.17, 15) is 9.59 Å². The molecule has 0 unspecified atom stereocenters. The molecule has 3 aromatic rings. The highest BCUT2D eigenvalue weighted by molar-refractivity contribution is 6.14. The molecule has 0 aliphatic carbocycles. The maximum atomic E-state index is 13.3. The molecule has 0 radical (unpaired) electrons. The van der Waals surface area contributed by atoms with Crippen molar-refractivity contribution in [3.05, 3.63) is 150 Å². The Labute approximate surface area is 219 Å². The number of hydrogen-bond donors (Lipinski definition) is 0. The molecular formula is C34H31NO2. The lowest BCUT2D eigenvalue weighted by molar-refractivity contribution is 0.102. The van der Waals surface area contributed by atoms with Crippen molar-refractivity contribution in [3.8, 4) is 0 Å². The Balaban J connectivity index is 1.98. The fourth-order valence-corrected chi connectivity index (χ4v) is 4.07. The van der Waals surface area contributed by atoms with Gasteiger partial charge in [0, 0.05) is 28.2 Å². The van der Waals surface area contributed by atoms with Gasteiger partial charge >= 0.3 is 0 Å². The van der Waals surface area contributed by atoms with Crippen LogP contribution in [0.25, 0.3) is 18.2 Å². The van der Waals surface area contributed by atoms with Crippen molar-refractivity contribution < 1.29 is 9.59 Å². The zero-order valence-electron chi connectivity index (χ0n) is 21.4. The van der Waals surface area contributed by atoms with Crippen molar-refractivity contribution in [1.82, 2.24) is 0 Å². The fraction of sp³-hybridized carbons (Fsp3) is 0.0588. The molecule has 0 aromatic heterocycles. The van der Waals surface area contributed by atoms with Crippen LogP contribution in [0.1, 0.15) is 51.3 Å². The Morgan fingerprint density at radius 2 is 1.54 bits per heavy atom. The first kappa shape index (κ1) is 26.8. The van der Waals surface area contributed by atoms with E-state index in [0.717, 1.165) is 33.8 Å². The van der Waals surface area contributed by atoms with E-state index in [2.05, 4.69) is 24.6 Å². The topological polar surface area (TPSA) is 37.4 Å². The average molecular weight is 486 g/mol. The number of aldehydes is 1. The minimum Gasteiger partial charge on any atom is -0.311 e. The number of hydrogen-bond acceptors (Lipinski definition) is 3. The highest BCUT2D eigenvalue weighted by atomic mass is 16.1. The second-order valence-corrected chi connectivity index (χ2v) is 8.34. The maximum absolute atomic E-state index is 13.3. The van der Waals surface area contributed by atoms with Gasteiger partial charge in [0.25, 0.3) is 0 Å². The minimum atomic E-state index is -0.193. The normalized spacial score (nSPS) is 11.7. The summed E-state index contributed by atoms with van der Waals surface area (Å²) in [7, 11) is 0. The molecule has 3 heteroatoms. The van der Waals surface area contributed by atoms with E-state index in [1.165, 1.54) is 0 Å². The van der Waals surface area contributed by atoms with Gasteiger partial charge in [0.1, 0.15) is 0 Å². The van der Waals surface area contributed by atoms with Gasteiger partial charge in [-0.3, -0.25) is 9.59 Å². The Hall–Kier alpha value is -4.76. The molecule has 0 N–H and O–H groups in total. The second-order valence-electron chi connectivity index (χ2n) is 8.34. The summed E-state index contributed by atoms with van der Waals surface area (Å²) in [6, 6.07) is 21.4. The molecule has 0 saturated heterocycles. The van der Waals surface area contributed by atoms with Gasteiger partial charge < -0.3 is 4.90 Å². The molecule has 0 spiro atoms. The molecule has 0 saturated carbocycles. The van der Waals surface area contributed by atoms with E-state index in [4.69, 9.17) is 0 Å². The second kappa shape index (κ2) is 12.8. The highest BCUT2D eigenvalue weighted by Crippen LogP contribution is 2.31. The van der Waals surface area contributed by atoms with Gasteiger partial charge in [0.2, 0.25) is 0 Å². The molecule has 0 aliphatic heterocycles. The van der Waals surface area contributed by atoms with Gasteiger partial charge in [-0.1, -0.05) is 74.4 Å². The predicted octanol–water partition coefficient (Wildman–Crippen LogP) is 8.86. The van der Waals surface area contributed by atoms with Crippen LogP contribution in [0, 0.1) is 0 Å². The number of benzene rings is 3. The zero-order chi connectivity index (χ0) is 26.8. The number of para-hydroxylation sites is 1. The highest BCUT2D eigenvalue weighted by Gasteiger charge is 2.16. The van der Waals surface area contributed by atoms with Crippen LogP contribution in [0.4, 0.5) is 11.4 Å². The summed E-state index contributed by atoms with van der Waals surface area (Å²) < 4.78 is 0. The van der Waals surface area contributed by atoms with Crippen molar-refractivity contribution in [3.63, 3.8) is 0 Å². The summed E-state index contributed by atoms with van der Waals surface area (Å²) in [6.45, 7) is 15.3. The number of ketones is 1. The largest absolute Gasteiger partial charge is 0.311 e. The van der Waals surface area contributed by atoms with Crippen LogP contribution >= 0.6 is 0 Å². The van der Waals surface area contributed by atoms with E-state index in [-0.39, 0.29) is 5.78 Å². The summed E-state index contributed by atoms with van der Waals surface area (Å²) >= 11 is 0. The van der Waals surface area contributed by atoms with Crippen LogP contribution in [-0.2, 0) is 0 Å². The van der Waals surface area contributed by atoms with E-state index in [1.54, 1.807) is 37.3 Å².